The number of aromatic nitrogens is 3. The molecule has 274 valence electrons. The number of fused-ring (bicyclic) bond motifs is 1. The van der Waals surface area contributed by atoms with Crippen LogP contribution >= 0.6 is 0 Å². The van der Waals surface area contributed by atoms with Crippen molar-refractivity contribution in [3.8, 4) is 56.5 Å². The van der Waals surface area contributed by atoms with Gasteiger partial charge in [-0.2, -0.15) is 27.1 Å². The first-order chi connectivity index (χ1) is 24.3. The molecule has 2 aromatic heterocycles. The molecular weight excluding hydrogens is 732 g/mol. The predicted octanol–water partition coefficient (Wildman–Crippen LogP) is 6.85. The Hall–Kier alpha value is -5.30. The van der Waals surface area contributed by atoms with E-state index in [4.69, 9.17) is 4.42 Å². The number of carbonyl (C=O) groups excluding carboxylic acids is 1. The van der Waals surface area contributed by atoms with Crippen LogP contribution < -0.4 is 14.8 Å². The summed E-state index contributed by atoms with van der Waals surface area (Å²) < 4.78 is 139. The fourth-order valence-electron chi connectivity index (χ4n) is 5.51. The van der Waals surface area contributed by atoms with Gasteiger partial charge in [-0.05, 0) is 53.6 Å². The highest BCUT2D eigenvalue weighted by Gasteiger charge is 2.46. The van der Waals surface area contributed by atoms with Gasteiger partial charge in [0.2, 0.25) is 0 Å². The quantitative estimate of drug-likeness (QED) is 0.157. The minimum Gasteiger partial charge on any atom is -0.440 e. The van der Waals surface area contributed by atoms with E-state index in [0.717, 1.165) is 22.1 Å². The first-order valence-electron chi connectivity index (χ1n) is 14.8. The molecule has 52 heavy (non-hydrogen) atoms. The van der Waals surface area contributed by atoms with E-state index in [1.54, 1.807) is 0 Å². The molecule has 6 rings (SSSR count). The summed E-state index contributed by atoms with van der Waals surface area (Å²) in [5.41, 5.74) is -0.630. The Labute approximate surface area is 290 Å². The van der Waals surface area contributed by atoms with Gasteiger partial charge in [0.05, 0.1) is 23.1 Å². The van der Waals surface area contributed by atoms with Crippen LogP contribution in [0.4, 0.5) is 35.1 Å². The zero-order valence-corrected chi connectivity index (χ0v) is 27.7. The highest BCUT2D eigenvalue weighted by Crippen LogP contribution is 2.46. The van der Waals surface area contributed by atoms with Crippen molar-refractivity contribution in [2.75, 3.05) is 12.8 Å². The molecule has 3 aromatic carbocycles. The summed E-state index contributed by atoms with van der Waals surface area (Å²) in [7, 11) is -0.510. The van der Waals surface area contributed by atoms with Crippen LogP contribution in [0.1, 0.15) is 17.1 Å². The van der Waals surface area contributed by atoms with Crippen molar-refractivity contribution in [1.29, 1.82) is 0 Å². The molecule has 0 aliphatic carbocycles. The summed E-state index contributed by atoms with van der Waals surface area (Å²) in [6.07, 6.45) is -7.61. The molecule has 2 N–H and O–H groups in total. The molecule has 1 atom stereocenters. The van der Waals surface area contributed by atoms with Crippen LogP contribution in [0.15, 0.2) is 63.9 Å². The second-order valence-electron chi connectivity index (χ2n) is 11.5. The molecule has 19 heteroatoms. The number of carbonyl (C=O) groups is 1. The molecule has 3 heterocycles. The summed E-state index contributed by atoms with van der Waals surface area (Å²) in [6.45, 7) is -1.29. The first-order valence-corrected chi connectivity index (χ1v) is 16.4. The van der Waals surface area contributed by atoms with E-state index >= 15 is 13.2 Å². The molecular formula is C33H24F8N4O6S. The van der Waals surface area contributed by atoms with Crippen LogP contribution in [0.5, 0.6) is 11.5 Å². The largest absolute Gasteiger partial charge is 0.586 e. The molecule has 0 fully saturated rings. The van der Waals surface area contributed by atoms with E-state index in [-0.39, 0.29) is 72.8 Å². The van der Waals surface area contributed by atoms with Gasteiger partial charge in [-0.3, -0.25) is 13.7 Å². The molecule has 0 radical (unpaired) electrons. The number of oxazole rings is 1. The summed E-state index contributed by atoms with van der Waals surface area (Å²) in [5.74, 6) is -8.21. The number of hydrogen-bond donors (Lipinski definition) is 2. The van der Waals surface area contributed by atoms with Gasteiger partial charge >= 0.3 is 18.4 Å². The molecule has 0 saturated carbocycles. The minimum atomic E-state index is -4.96. The standard InChI is InChI=1S/C33H24F8N4O6S/c1-15-43-28(17-5-7-24-25(10-17)51-33(40,41)50-24)29(49-15)20-8-16(18-9-22(34)21(13-46)26(11-18)52(3)48)4-6-19(20)23-12-27(44-45(23)2)32(38,39)30(47)42-14-31(35,36)37/h4-12,46H,13-14H2,1-3H3,(H,42,47). The summed E-state index contributed by atoms with van der Waals surface area (Å²) >= 11 is 0. The number of hydrogen-bond acceptors (Lipinski definition) is 8. The highest BCUT2D eigenvalue weighted by molar-refractivity contribution is 7.84. The van der Waals surface area contributed by atoms with E-state index in [1.165, 1.54) is 62.7 Å². The average molecular weight is 757 g/mol. The number of halogens is 8. The number of amides is 1. The van der Waals surface area contributed by atoms with E-state index < -0.39 is 59.8 Å². The monoisotopic (exact) mass is 756 g/mol. The van der Waals surface area contributed by atoms with Gasteiger partial charge in [-0.15, -0.1) is 8.78 Å². The summed E-state index contributed by atoms with van der Waals surface area (Å²) in [6, 6.07) is 11.3. The first kappa shape index (κ1) is 36.5. The lowest BCUT2D eigenvalue weighted by molar-refractivity contribution is -0.286. The fraction of sp³-hybridized carbons (Fsp3) is 0.242. The van der Waals surface area contributed by atoms with Gasteiger partial charge in [0, 0.05) is 47.4 Å². The Balaban J connectivity index is 1.54. The maximum atomic E-state index is 15.2. The Morgan fingerprint density at radius 1 is 0.962 bits per heavy atom. The van der Waals surface area contributed by atoms with E-state index in [0.29, 0.717) is 0 Å². The number of rotatable bonds is 9. The molecule has 1 aliphatic rings. The Morgan fingerprint density at radius 2 is 1.65 bits per heavy atom. The number of alkyl halides is 7. The molecule has 1 aliphatic heterocycles. The smallest absolute Gasteiger partial charge is 0.440 e. The van der Waals surface area contributed by atoms with Crippen molar-refractivity contribution in [3.63, 3.8) is 0 Å². The van der Waals surface area contributed by atoms with Crippen molar-refractivity contribution in [1.82, 2.24) is 20.1 Å². The SMILES string of the molecule is Cc1nc(-c2ccc3c(c2)OC(F)(F)O3)c(-c2cc(-c3cc(F)c(CO)c(S(C)=O)c3)ccc2-c2cc(C(F)(F)C(=O)NCC(F)(F)F)nn2C)o1. The lowest BCUT2D eigenvalue weighted by atomic mass is 9.93. The third-order valence-corrected chi connectivity index (χ3v) is 8.82. The van der Waals surface area contributed by atoms with Gasteiger partial charge < -0.3 is 24.3 Å². The maximum absolute atomic E-state index is 15.2. The van der Waals surface area contributed by atoms with Gasteiger partial charge in [-0.25, -0.2) is 9.37 Å². The van der Waals surface area contributed by atoms with E-state index in [9.17, 15) is 36.1 Å². The van der Waals surface area contributed by atoms with Gasteiger partial charge in [0.1, 0.15) is 23.7 Å². The molecule has 1 unspecified atom stereocenters. The van der Waals surface area contributed by atoms with Gasteiger partial charge in [-0.1, -0.05) is 12.1 Å². The minimum absolute atomic E-state index is 0.00112. The van der Waals surface area contributed by atoms with Crippen LogP contribution in [-0.2, 0) is 35.2 Å². The number of nitrogens with one attached hydrogen (secondary N) is 1. The second kappa shape index (κ2) is 13.0. The Bertz CT molecular complexity index is 2250. The predicted molar refractivity (Wildman–Crippen MR) is 167 cm³/mol. The Morgan fingerprint density at radius 3 is 2.33 bits per heavy atom. The second-order valence-corrected chi connectivity index (χ2v) is 12.8. The molecule has 5 aromatic rings. The zero-order chi connectivity index (χ0) is 37.9. The number of benzene rings is 3. The van der Waals surface area contributed by atoms with Crippen molar-refractivity contribution in [2.24, 2.45) is 7.05 Å². The fourth-order valence-corrected chi connectivity index (χ4v) is 6.31. The Kier molecular flexibility index (Phi) is 9.15. The van der Waals surface area contributed by atoms with Crippen LogP contribution in [0.25, 0.3) is 45.0 Å². The normalized spacial score (nSPS) is 14.5. The number of aryl methyl sites for hydroxylation is 2. The lowest BCUT2D eigenvalue weighted by Gasteiger charge is -2.15. The molecule has 1 amide bonds. The zero-order valence-electron chi connectivity index (χ0n) is 26.9. The third-order valence-electron chi connectivity index (χ3n) is 7.84. The number of aliphatic hydroxyl groups is 1. The van der Waals surface area contributed by atoms with E-state index in [2.05, 4.69) is 19.6 Å². The average Bonchev–Trinajstić information content (AvgIpc) is 3.74. The lowest BCUT2D eigenvalue weighted by Crippen LogP contribution is -2.42. The number of ether oxygens (including phenoxy) is 2. The van der Waals surface area contributed by atoms with Gasteiger partial charge in [0.25, 0.3) is 5.91 Å². The highest BCUT2D eigenvalue weighted by atomic mass is 32.2. The molecule has 0 spiro atoms. The van der Waals surface area contributed by atoms with Gasteiger partial charge in [0.15, 0.2) is 23.1 Å². The van der Waals surface area contributed by atoms with Crippen LogP contribution in [-0.4, -0.2) is 55.3 Å². The molecule has 0 saturated heterocycles. The van der Waals surface area contributed by atoms with Crippen molar-refractivity contribution in [3.05, 3.63) is 77.6 Å². The summed E-state index contributed by atoms with van der Waals surface area (Å²) in [4.78, 5) is 16.6. The topological polar surface area (TPSA) is 129 Å². The van der Waals surface area contributed by atoms with Crippen LogP contribution in [0.3, 0.4) is 0 Å². The van der Waals surface area contributed by atoms with Crippen molar-refractivity contribution < 1.29 is 63.1 Å². The number of nitrogens with zero attached hydrogens (tertiary/aromatic N) is 3. The molecule has 0 bridgehead atoms. The molecule has 10 nitrogen and oxygen atoms in total. The van der Waals surface area contributed by atoms with Crippen molar-refractivity contribution in [2.45, 2.75) is 36.8 Å². The number of aliphatic hydroxyl groups excluding tert-OH is 1. The van der Waals surface area contributed by atoms with Crippen LogP contribution in [0.2, 0.25) is 0 Å². The summed E-state index contributed by atoms with van der Waals surface area (Å²) in [5, 5.41) is 14.5. The van der Waals surface area contributed by atoms with E-state index in [1.807, 2.05) is 0 Å². The van der Waals surface area contributed by atoms with Crippen LogP contribution in [0, 0.1) is 12.7 Å². The van der Waals surface area contributed by atoms with Crippen molar-refractivity contribution >= 4 is 16.7 Å². The third kappa shape index (κ3) is 6.97. The maximum Gasteiger partial charge on any atom is 0.586 e.